The predicted octanol–water partition coefficient (Wildman–Crippen LogP) is 18.0. The summed E-state index contributed by atoms with van der Waals surface area (Å²) in [7, 11) is -9.77. The van der Waals surface area contributed by atoms with Gasteiger partial charge in [-0.2, -0.15) is 0 Å². The average molecular weight is 1240 g/mol. The van der Waals surface area contributed by atoms with Gasteiger partial charge in [-0.1, -0.05) is 216 Å². The smallest absolute Gasteiger partial charge is 0.463 e. The molecule has 0 aliphatic heterocycles. The van der Waals surface area contributed by atoms with Crippen LogP contribution in [0.5, 0.6) is 0 Å². The normalized spacial score (nSPS) is 14.8. The molecule has 0 saturated heterocycles. The van der Waals surface area contributed by atoms with E-state index >= 15 is 0 Å². The first-order chi connectivity index (χ1) is 41.2. The number of esters is 3. The van der Waals surface area contributed by atoms with Crippen LogP contribution >= 0.6 is 15.6 Å². The number of phosphoric acid groups is 2. The molecule has 0 bridgehead atoms. The van der Waals surface area contributed by atoms with Crippen molar-refractivity contribution in [3.8, 4) is 0 Å². The lowest BCUT2D eigenvalue weighted by Gasteiger charge is -2.21. The first-order valence-electron chi connectivity index (χ1n) is 33.2. The highest BCUT2D eigenvalue weighted by atomic mass is 31.2. The molecule has 0 aromatic rings. The van der Waals surface area contributed by atoms with Crippen molar-refractivity contribution in [2.24, 2.45) is 0 Å². The van der Waals surface area contributed by atoms with Crippen LogP contribution in [0, 0.1) is 0 Å². The lowest BCUT2D eigenvalue weighted by atomic mass is 10.1. The molecule has 85 heavy (non-hydrogen) atoms. The predicted molar refractivity (Wildman–Crippen MR) is 344 cm³/mol. The molecule has 5 atom stereocenters. The Labute approximate surface area is 515 Å². The second-order valence-electron chi connectivity index (χ2n) is 22.3. The molecule has 0 aliphatic rings. The highest BCUT2D eigenvalue weighted by molar-refractivity contribution is 7.47. The zero-order chi connectivity index (χ0) is 62.4. The number of carbonyl (C=O) groups excluding carboxylic acids is 3. The van der Waals surface area contributed by atoms with Gasteiger partial charge in [0.2, 0.25) is 0 Å². The van der Waals surface area contributed by atoms with E-state index in [-0.39, 0.29) is 19.3 Å². The van der Waals surface area contributed by atoms with E-state index in [1.165, 1.54) is 83.5 Å². The molecule has 0 radical (unpaired) electrons. The molecule has 0 aliphatic carbocycles. The largest absolute Gasteiger partial charge is 0.472 e. The number of ether oxygens (including phenoxy) is 3. The maximum Gasteiger partial charge on any atom is 0.472 e. The molecule has 5 unspecified atom stereocenters. The summed E-state index contributed by atoms with van der Waals surface area (Å²) < 4.78 is 60.8. The maximum atomic E-state index is 12.9. The highest BCUT2D eigenvalue weighted by Crippen LogP contribution is 2.45. The van der Waals surface area contributed by atoms with Crippen LogP contribution in [0.1, 0.15) is 278 Å². The van der Waals surface area contributed by atoms with Crippen LogP contribution in [0.4, 0.5) is 0 Å². The van der Waals surface area contributed by atoms with Gasteiger partial charge in [0.05, 0.1) is 26.4 Å². The van der Waals surface area contributed by atoms with Gasteiger partial charge in [0, 0.05) is 19.3 Å². The Hall–Kier alpha value is -3.01. The number of carbonyl (C=O) groups is 3. The topological polar surface area (TPSA) is 231 Å². The molecule has 18 heteroatoms. The van der Waals surface area contributed by atoms with E-state index in [9.17, 15) is 43.5 Å². The number of aliphatic hydroxyl groups is 2. The van der Waals surface area contributed by atoms with E-state index < -0.39 is 91.5 Å². The SMILES string of the molecule is CCCCC/C=C\C/C=C\C/C=C\CCCCCCCCC(=O)OCC(O)COP(=O)(O)OCC(O)COP(=O)(O)OCC(COC(=O)CCCCCCC/C=C\C/C=C\CCCCC)OC(=O)CCCCCCC/C=C\CCCCCCCC. The first-order valence-corrected chi connectivity index (χ1v) is 36.2. The van der Waals surface area contributed by atoms with E-state index in [0.29, 0.717) is 19.3 Å². The number of hydrogen-bond donors (Lipinski definition) is 4. The Bertz CT molecular complexity index is 1850. The minimum Gasteiger partial charge on any atom is -0.463 e. The second-order valence-corrected chi connectivity index (χ2v) is 25.2. The molecular formula is C67H120O16P2. The van der Waals surface area contributed by atoms with Crippen LogP contribution in [-0.4, -0.2) is 95.9 Å². The van der Waals surface area contributed by atoms with Crippen LogP contribution in [0.3, 0.4) is 0 Å². The molecule has 0 saturated carbocycles. The van der Waals surface area contributed by atoms with E-state index in [2.05, 4.69) is 93.7 Å². The van der Waals surface area contributed by atoms with E-state index in [0.717, 1.165) is 135 Å². The van der Waals surface area contributed by atoms with Crippen LogP contribution < -0.4 is 0 Å². The average Bonchev–Trinajstić information content (AvgIpc) is 3.52. The lowest BCUT2D eigenvalue weighted by Crippen LogP contribution is -2.30. The van der Waals surface area contributed by atoms with E-state index in [1.54, 1.807) is 0 Å². The van der Waals surface area contributed by atoms with Gasteiger partial charge in [-0.3, -0.25) is 32.5 Å². The summed E-state index contributed by atoms with van der Waals surface area (Å²) in [6, 6.07) is 0. The Morgan fingerprint density at radius 1 is 0.329 bits per heavy atom. The molecule has 4 N–H and O–H groups in total. The number of unbranched alkanes of at least 4 members (excludes halogenated alkanes) is 28. The van der Waals surface area contributed by atoms with Crippen molar-refractivity contribution >= 4 is 33.6 Å². The molecule has 0 spiro atoms. The fourth-order valence-corrected chi connectivity index (χ4v) is 10.3. The molecule has 0 fully saturated rings. The van der Waals surface area contributed by atoms with Gasteiger partial charge in [0.1, 0.15) is 25.4 Å². The van der Waals surface area contributed by atoms with Crippen molar-refractivity contribution < 1.29 is 75.8 Å². The van der Waals surface area contributed by atoms with Crippen LogP contribution in [0.15, 0.2) is 72.9 Å². The summed E-state index contributed by atoms with van der Waals surface area (Å²) in [5.41, 5.74) is 0. The third-order valence-corrected chi connectivity index (χ3v) is 15.8. The summed E-state index contributed by atoms with van der Waals surface area (Å²) in [5, 5.41) is 20.5. The minimum absolute atomic E-state index is 0.0927. The summed E-state index contributed by atoms with van der Waals surface area (Å²) in [6.45, 7) is 2.58. The monoisotopic (exact) mass is 1240 g/mol. The molecule has 0 aromatic carbocycles. The number of allylic oxidation sites excluding steroid dienone is 12. The van der Waals surface area contributed by atoms with Gasteiger partial charge in [-0.05, 0) is 116 Å². The fraction of sp³-hybridized carbons (Fsp3) is 0.776. The summed E-state index contributed by atoms with van der Waals surface area (Å²) in [6.07, 6.45) is 62.3. The quantitative estimate of drug-likeness (QED) is 0.0146. The van der Waals surface area contributed by atoms with Crippen molar-refractivity contribution in [1.82, 2.24) is 0 Å². The maximum absolute atomic E-state index is 12.9. The molecule has 0 rings (SSSR count). The van der Waals surface area contributed by atoms with Gasteiger partial charge in [0.25, 0.3) is 0 Å². The van der Waals surface area contributed by atoms with Crippen LogP contribution in [0.2, 0.25) is 0 Å². The Balaban J connectivity index is 4.68. The Morgan fingerprint density at radius 3 is 0.965 bits per heavy atom. The molecular weight excluding hydrogens is 1120 g/mol. The van der Waals surface area contributed by atoms with Crippen LogP contribution in [0.25, 0.3) is 0 Å². The highest BCUT2D eigenvalue weighted by Gasteiger charge is 2.29. The standard InChI is InChI=1S/C67H120O16P2/c1-4-7-10-13-16-19-22-25-28-29-30-31-34-36-38-41-44-47-50-53-65(70)77-56-62(68)57-79-84(73,74)80-58-63(69)59-81-85(75,76)82-61-64(83-67(72)55-52-49-46-43-40-37-33-27-24-21-18-15-12-9-6-3)60-78-66(71)54-51-48-45-42-39-35-32-26-23-20-17-14-11-8-5-2/h16-17,19-20,25-28,30-33,62-64,68-69H,4-15,18,21-24,29,34-61H2,1-3H3,(H,73,74)(H,75,76)/b19-16-,20-17-,28-25-,31-30-,32-26-,33-27-. The fourth-order valence-electron chi connectivity index (χ4n) is 8.72. The van der Waals surface area contributed by atoms with Gasteiger partial charge in [-0.15, -0.1) is 0 Å². The lowest BCUT2D eigenvalue weighted by molar-refractivity contribution is -0.161. The second kappa shape index (κ2) is 61.2. The summed E-state index contributed by atoms with van der Waals surface area (Å²) in [4.78, 5) is 58.3. The minimum atomic E-state index is -4.92. The van der Waals surface area contributed by atoms with E-state index in [4.69, 9.17) is 32.3 Å². The van der Waals surface area contributed by atoms with Gasteiger partial charge < -0.3 is 34.2 Å². The van der Waals surface area contributed by atoms with Gasteiger partial charge in [-0.25, -0.2) is 9.13 Å². The van der Waals surface area contributed by atoms with Crippen molar-refractivity contribution in [3.63, 3.8) is 0 Å². The summed E-state index contributed by atoms with van der Waals surface area (Å²) >= 11 is 0. The Kier molecular flexibility index (Phi) is 59.1. The molecule has 16 nitrogen and oxygen atoms in total. The molecule has 494 valence electrons. The van der Waals surface area contributed by atoms with Crippen molar-refractivity contribution in [1.29, 1.82) is 0 Å². The third-order valence-electron chi connectivity index (χ3n) is 13.9. The van der Waals surface area contributed by atoms with Gasteiger partial charge in [0.15, 0.2) is 6.10 Å². The molecule has 0 amide bonds. The number of phosphoric ester groups is 2. The van der Waals surface area contributed by atoms with Crippen molar-refractivity contribution in [2.75, 3.05) is 39.6 Å². The molecule has 0 aromatic heterocycles. The third kappa shape index (κ3) is 62.4. The first kappa shape index (κ1) is 82.0. The molecule has 0 heterocycles. The number of aliphatic hydroxyl groups excluding tert-OH is 2. The summed E-state index contributed by atoms with van der Waals surface area (Å²) in [5.74, 6) is -1.61. The van der Waals surface area contributed by atoms with Crippen molar-refractivity contribution in [2.45, 2.75) is 296 Å². The van der Waals surface area contributed by atoms with Crippen molar-refractivity contribution in [3.05, 3.63) is 72.9 Å². The number of rotatable bonds is 63. The van der Waals surface area contributed by atoms with E-state index in [1.807, 2.05) is 0 Å². The zero-order valence-corrected chi connectivity index (χ0v) is 55.1. The zero-order valence-electron chi connectivity index (χ0n) is 53.3. The van der Waals surface area contributed by atoms with Crippen LogP contribution in [-0.2, 0) is 55.8 Å². The Morgan fingerprint density at radius 2 is 0.588 bits per heavy atom. The number of hydrogen-bond acceptors (Lipinski definition) is 14. The van der Waals surface area contributed by atoms with Gasteiger partial charge >= 0.3 is 33.6 Å².